The SMILES string of the molecule is Cc1ccc(-c2noc(CN3CCN(C(=O)c4cc(-c5ccco5)nn4-c4ccccc4)CC3)n2)cc1. The van der Waals surface area contributed by atoms with Gasteiger partial charge in [0.15, 0.2) is 5.76 Å². The number of carbonyl (C=O) groups excluding carboxylic acids is 1. The number of nitrogens with zero attached hydrogens (tertiary/aromatic N) is 6. The first-order chi connectivity index (χ1) is 18.1. The van der Waals surface area contributed by atoms with Gasteiger partial charge in [0.1, 0.15) is 11.4 Å². The number of carbonyl (C=O) groups is 1. The summed E-state index contributed by atoms with van der Waals surface area (Å²) >= 11 is 0. The van der Waals surface area contributed by atoms with Crippen molar-refractivity contribution >= 4 is 5.91 Å². The molecular formula is C28H26N6O3. The van der Waals surface area contributed by atoms with Crippen LogP contribution in [0.1, 0.15) is 21.9 Å². The van der Waals surface area contributed by atoms with Crippen molar-refractivity contribution in [2.75, 3.05) is 26.2 Å². The van der Waals surface area contributed by atoms with Crippen LogP contribution in [0.25, 0.3) is 28.5 Å². The zero-order valence-corrected chi connectivity index (χ0v) is 20.4. The summed E-state index contributed by atoms with van der Waals surface area (Å²) in [5, 5.41) is 8.81. The van der Waals surface area contributed by atoms with E-state index < -0.39 is 0 Å². The van der Waals surface area contributed by atoms with E-state index in [9.17, 15) is 4.79 Å². The molecule has 9 nitrogen and oxygen atoms in total. The third-order valence-corrected chi connectivity index (χ3v) is 6.50. The second-order valence-electron chi connectivity index (χ2n) is 9.09. The van der Waals surface area contributed by atoms with Gasteiger partial charge in [-0.3, -0.25) is 9.69 Å². The Morgan fingerprint density at radius 3 is 2.46 bits per heavy atom. The zero-order valence-electron chi connectivity index (χ0n) is 20.4. The van der Waals surface area contributed by atoms with Gasteiger partial charge in [-0.1, -0.05) is 53.2 Å². The number of furan rings is 1. The first kappa shape index (κ1) is 22.9. The molecule has 1 aliphatic heterocycles. The van der Waals surface area contributed by atoms with Gasteiger partial charge in [-0.15, -0.1) is 0 Å². The molecule has 1 aliphatic rings. The summed E-state index contributed by atoms with van der Waals surface area (Å²) in [6.45, 7) is 5.19. The zero-order chi connectivity index (χ0) is 25.2. The number of para-hydroxylation sites is 1. The van der Waals surface area contributed by atoms with Crippen LogP contribution >= 0.6 is 0 Å². The lowest BCUT2D eigenvalue weighted by Crippen LogP contribution is -2.48. The Morgan fingerprint density at radius 1 is 0.946 bits per heavy atom. The van der Waals surface area contributed by atoms with E-state index >= 15 is 0 Å². The maximum absolute atomic E-state index is 13.6. The van der Waals surface area contributed by atoms with Crippen LogP contribution in [0.4, 0.5) is 0 Å². The highest BCUT2D eigenvalue weighted by atomic mass is 16.5. The third-order valence-electron chi connectivity index (χ3n) is 6.50. The maximum atomic E-state index is 13.6. The van der Waals surface area contributed by atoms with E-state index in [0.29, 0.717) is 61.6 Å². The number of rotatable bonds is 6. The molecule has 0 unspecified atom stereocenters. The number of hydrogen-bond donors (Lipinski definition) is 0. The summed E-state index contributed by atoms with van der Waals surface area (Å²) in [5.41, 5.74) is 4.06. The molecule has 0 N–H and O–H groups in total. The minimum atomic E-state index is -0.0618. The van der Waals surface area contributed by atoms with E-state index in [1.165, 1.54) is 5.56 Å². The van der Waals surface area contributed by atoms with Crippen LogP contribution in [0.3, 0.4) is 0 Å². The third kappa shape index (κ3) is 4.81. The molecular weight excluding hydrogens is 468 g/mol. The Labute approximate surface area is 213 Å². The Kier molecular flexibility index (Phi) is 6.11. The molecule has 1 amide bonds. The predicted molar refractivity (Wildman–Crippen MR) is 137 cm³/mol. The summed E-state index contributed by atoms with van der Waals surface area (Å²) in [7, 11) is 0. The van der Waals surface area contributed by atoms with Crippen LogP contribution in [-0.4, -0.2) is 61.8 Å². The summed E-state index contributed by atoms with van der Waals surface area (Å²) in [6.07, 6.45) is 1.60. The largest absolute Gasteiger partial charge is 0.463 e. The average Bonchev–Trinajstić information content (AvgIpc) is 3.71. The molecule has 5 aromatic rings. The van der Waals surface area contributed by atoms with Crippen LogP contribution < -0.4 is 0 Å². The molecule has 2 aromatic carbocycles. The second-order valence-corrected chi connectivity index (χ2v) is 9.09. The number of aryl methyl sites for hydroxylation is 1. The van der Waals surface area contributed by atoms with Crippen molar-refractivity contribution in [1.29, 1.82) is 0 Å². The Bertz CT molecular complexity index is 1480. The summed E-state index contributed by atoms with van der Waals surface area (Å²) in [6, 6.07) is 23.2. The molecule has 0 radical (unpaired) electrons. The molecule has 0 saturated carbocycles. The van der Waals surface area contributed by atoms with Crippen molar-refractivity contribution in [1.82, 2.24) is 29.7 Å². The first-order valence-electron chi connectivity index (χ1n) is 12.2. The van der Waals surface area contributed by atoms with Gasteiger partial charge in [-0.05, 0) is 31.2 Å². The van der Waals surface area contributed by atoms with Gasteiger partial charge in [0, 0.05) is 37.8 Å². The van der Waals surface area contributed by atoms with Gasteiger partial charge in [-0.2, -0.15) is 10.1 Å². The average molecular weight is 495 g/mol. The van der Waals surface area contributed by atoms with Gasteiger partial charge in [0.25, 0.3) is 5.91 Å². The molecule has 1 saturated heterocycles. The van der Waals surface area contributed by atoms with Gasteiger partial charge in [-0.25, -0.2) is 4.68 Å². The van der Waals surface area contributed by atoms with E-state index in [1.807, 2.05) is 78.6 Å². The van der Waals surface area contributed by atoms with Gasteiger partial charge >= 0.3 is 0 Å². The topological polar surface area (TPSA) is 93.4 Å². The lowest BCUT2D eigenvalue weighted by atomic mass is 10.1. The fourth-order valence-electron chi connectivity index (χ4n) is 4.45. The number of benzene rings is 2. The van der Waals surface area contributed by atoms with Crippen molar-refractivity contribution in [2.24, 2.45) is 0 Å². The molecule has 1 fully saturated rings. The smallest absolute Gasteiger partial charge is 0.272 e. The summed E-state index contributed by atoms with van der Waals surface area (Å²) in [4.78, 5) is 22.2. The molecule has 9 heteroatoms. The minimum absolute atomic E-state index is 0.0618. The van der Waals surface area contributed by atoms with Gasteiger partial charge < -0.3 is 13.8 Å². The number of piperazine rings is 1. The number of hydrogen-bond acceptors (Lipinski definition) is 7. The maximum Gasteiger partial charge on any atom is 0.272 e. The van der Waals surface area contributed by atoms with Crippen LogP contribution in [0.2, 0.25) is 0 Å². The van der Waals surface area contributed by atoms with Crippen LogP contribution in [-0.2, 0) is 6.54 Å². The summed E-state index contributed by atoms with van der Waals surface area (Å²) in [5.74, 6) is 1.72. The molecule has 0 atom stereocenters. The molecule has 0 aliphatic carbocycles. The second kappa shape index (κ2) is 9.87. The summed E-state index contributed by atoms with van der Waals surface area (Å²) < 4.78 is 12.7. The Balaban J connectivity index is 1.14. The van der Waals surface area contributed by atoms with E-state index in [1.54, 1.807) is 17.0 Å². The van der Waals surface area contributed by atoms with E-state index in [0.717, 1.165) is 11.3 Å². The van der Waals surface area contributed by atoms with Crippen molar-refractivity contribution in [3.05, 3.63) is 96.2 Å². The molecule has 6 rings (SSSR count). The van der Waals surface area contributed by atoms with Gasteiger partial charge in [0.2, 0.25) is 11.7 Å². The Morgan fingerprint density at radius 2 is 1.73 bits per heavy atom. The van der Waals surface area contributed by atoms with Crippen LogP contribution in [0.5, 0.6) is 0 Å². The normalized spacial score (nSPS) is 14.2. The minimum Gasteiger partial charge on any atom is -0.463 e. The quantitative estimate of drug-likeness (QED) is 0.344. The van der Waals surface area contributed by atoms with Crippen LogP contribution in [0, 0.1) is 6.92 Å². The highest BCUT2D eigenvalue weighted by Crippen LogP contribution is 2.24. The lowest BCUT2D eigenvalue weighted by Gasteiger charge is -2.33. The number of amides is 1. The molecule has 0 bridgehead atoms. The molecule has 3 aromatic heterocycles. The van der Waals surface area contributed by atoms with Crippen molar-refractivity contribution in [3.8, 4) is 28.5 Å². The molecule has 4 heterocycles. The first-order valence-corrected chi connectivity index (χ1v) is 12.2. The molecule has 186 valence electrons. The van der Waals surface area contributed by atoms with Gasteiger partial charge in [0.05, 0.1) is 18.5 Å². The van der Waals surface area contributed by atoms with Crippen molar-refractivity contribution in [2.45, 2.75) is 13.5 Å². The molecule has 37 heavy (non-hydrogen) atoms. The monoisotopic (exact) mass is 494 g/mol. The van der Waals surface area contributed by atoms with Crippen molar-refractivity contribution in [3.63, 3.8) is 0 Å². The van der Waals surface area contributed by atoms with Crippen LogP contribution in [0.15, 0.2) is 88.0 Å². The standard InChI is InChI=1S/C28H26N6O3/c1-20-9-11-21(12-10-20)27-29-26(37-31-27)19-32-13-15-33(16-14-32)28(35)24-18-23(25-8-5-17-36-25)30-34(24)22-6-3-2-4-7-22/h2-12,17-18H,13-16,19H2,1H3. The lowest BCUT2D eigenvalue weighted by molar-refractivity contribution is 0.0606. The van der Waals surface area contributed by atoms with E-state index in [2.05, 4.69) is 20.1 Å². The van der Waals surface area contributed by atoms with E-state index in [4.69, 9.17) is 8.94 Å². The fraction of sp³-hybridized carbons (Fsp3) is 0.214. The highest BCUT2D eigenvalue weighted by Gasteiger charge is 2.27. The Hall–Kier alpha value is -4.50. The predicted octanol–water partition coefficient (Wildman–Crippen LogP) is 4.45. The fourth-order valence-corrected chi connectivity index (χ4v) is 4.45. The van der Waals surface area contributed by atoms with E-state index in [-0.39, 0.29) is 5.91 Å². The number of aromatic nitrogens is 4. The molecule has 0 spiro atoms. The van der Waals surface area contributed by atoms with Crippen molar-refractivity contribution < 1.29 is 13.7 Å². The highest BCUT2D eigenvalue weighted by molar-refractivity contribution is 5.94.